The van der Waals surface area contributed by atoms with Crippen molar-refractivity contribution in [2.45, 2.75) is 18.6 Å². The molecule has 12 heteroatoms. The van der Waals surface area contributed by atoms with Crippen LogP contribution in [0, 0.1) is 5.41 Å². The second kappa shape index (κ2) is 9.24. The number of carbonyl (C=O) groups is 2. The number of morpholine rings is 1. The number of benzene rings is 2. The summed E-state index contributed by atoms with van der Waals surface area (Å²) in [5.41, 5.74) is 6.18. The number of nitrogens with zero attached hydrogens (tertiary/aromatic N) is 1. The van der Waals surface area contributed by atoms with Crippen molar-refractivity contribution >= 4 is 29.0 Å². The van der Waals surface area contributed by atoms with E-state index < -0.39 is 36.1 Å². The molecule has 0 radical (unpaired) electrons. The number of ether oxygens (including phenoxy) is 2. The van der Waals surface area contributed by atoms with E-state index >= 15 is 0 Å². The summed E-state index contributed by atoms with van der Waals surface area (Å²) in [6.07, 6.45) is -8.34. The predicted octanol–water partition coefficient (Wildman–Crippen LogP) is 1.60. The Hall–Kier alpha value is -3.64. The molecule has 3 rings (SSSR count). The summed E-state index contributed by atoms with van der Waals surface area (Å²) in [5.74, 6) is -2.39. The molecule has 0 spiro atoms. The van der Waals surface area contributed by atoms with Crippen molar-refractivity contribution in [2.24, 2.45) is 5.73 Å². The van der Waals surface area contributed by atoms with E-state index in [2.05, 4.69) is 10.1 Å². The van der Waals surface area contributed by atoms with Gasteiger partial charge in [0.2, 0.25) is 0 Å². The van der Waals surface area contributed by atoms with Crippen LogP contribution in [0.4, 0.5) is 24.5 Å². The van der Waals surface area contributed by atoms with Crippen LogP contribution in [0.1, 0.15) is 5.56 Å². The molecule has 2 aromatic carbocycles. The van der Waals surface area contributed by atoms with E-state index in [0.29, 0.717) is 5.56 Å². The van der Waals surface area contributed by atoms with Crippen LogP contribution in [0.15, 0.2) is 48.5 Å². The number of halogens is 3. The zero-order valence-corrected chi connectivity index (χ0v) is 16.4. The lowest BCUT2D eigenvalue weighted by molar-refractivity contribution is -0.274. The molecule has 0 aliphatic carbocycles. The summed E-state index contributed by atoms with van der Waals surface area (Å²) in [7, 11) is 0. The SMILES string of the molecule is N=C(N)c1ccc(NC(=O)C(O)[C@H]2OCCN(c3cccc(OC(F)(F)F)c3)C2=O)cc1. The number of alkyl halides is 3. The normalized spacial score (nSPS) is 17.6. The third kappa shape index (κ3) is 5.53. The number of aliphatic hydroxyl groups excluding tert-OH is 1. The first-order chi connectivity index (χ1) is 15.0. The van der Waals surface area contributed by atoms with Gasteiger partial charge in [0.05, 0.1) is 6.61 Å². The van der Waals surface area contributed by atoms with Crippen molar-refractivity contribution in [1.82, 2.24) is 0 Å². The maximum absolute atomic E-state index is 12.8. The molecule has 5 N–H and O–H groups in total. The number of hydrogen-bond donors (Lipinski definition) is 4. The molecule has 1 aliphatic rings. The second-order valence-corrected chi connectivity index (χ2v) is 6.75. The Labute approximate surface area is 180 Å². The van der Waals surface area contributed by atoms with Crippen LogP contribution < -0.4 is 20.7 Å². The Morgan fingerprint density at radius 2 is 1.97 bits per heavy atom. The van der Waals surface area contributed by atoms with Gasteiger partial charge in [-0.2, -0.15) is 0 Å². The molecule has 1 saturated heterocycles. The highest BCUT2D eigenvalue weighted by molar-refractivity contribution is 6.04. The zero-order chi connectivity index (χ0) is 23.5. The van der Waals surface area contributed by atoms with Crippen molar-refractivity contribution in [3.05, 3.63) is 54.1 Å². The van der Waals surface area contributed by atoms with Crippen molar-refractivity contribution in [2.75, 3.05) is 23.4 Å². The summed E-state index contributed by atoms with van der Waals surface area (Å²) in [6, 6.07) is 10.7. The van der Waals surface area contributed by atoms with Gasteiger partial charge in [0, 0.05) is 29.5 Å². The number of amides is 2. The number of aliphatic hydroxyl groups is 1. The van der Waals surface area contributed by atoms with Gasteiger partial charge in [0.15, 0.2) is 12.2 Å². The lowest BCUT2D eigenvalue weighted by atomic mass is 10.1. The molecule has 1 fully saturated rings. The molecular formula is C20H19F3N4O5. The van der Waals surface area contributed by atoms with Crippen molar-refractivity contribution in [3.8, 4) is 5.75 Å². The number of nitrogen functional groups attached to an aromatic ring is 1. The van der Waals surface area contributed by atoms with E-state index in [0.717, 1.165) is 17.0 Å². The van der Waals surface area contributed by atoms with E-state index in [9.17, 15) is 27.9 Å². The average molecular weight is 452 g/mol. The van der Waals surface area contributed by atoms with Crippen LogP contribution >= 0.6 is 0 Å². The summed E-state index contributed by atoms with van der Waals surface area (Å²) in [6.45, 7) is -0.0515. The molecule has 1 heterocycles. The van der Waals surface area contributed by atoms with Crippen LogP contribution in [0.25, 0.3) is 0 Å². The quantitative estimate of drug-likeness (QED) is 0.388. The fourth-order valence-corrected chi connectivity index (χ4v) is 3.02. The highest BCUT2D eigenvalue weighted by Crippen LogP contribution is 2.28. The number of anilines is 2. The third-order valence-corrected chi connectivity index (χ3v) is 4.50. The fourth-order valence-electron chi connectivity index (χ4n) is 3.02. The van der Waals surface area contributed by atoms with Gasteiger partial charge in [0.1, 0.15) is 11.6 Å². The molecule has 0 saturated carbocycles. The molecule has 2 aromatic rings. The molecule has 9 nitrogen and oxygen atoms in total. The molecule has 1 unspecified atom stereocenters. The number of amidine groups is 1. The summed E-state index contributed by atoms with van der Waals surface area (Å²) < 4.78 is 46.5. The molecule has 2 atom stereocenters. The minimum atomic E-state index is -4.90. The molecule has 2 amide bonds. The van der Waals surface area contributed by atoms with Gasteiger partial charge in [-0.05, 0) is 36.4 Å². The number of nitrogens with one attached hydrogen (secondary N) is 2. The number of hydrogen-bond acceptors (Lipinski definition) is 6. The molecule has 32 heavy (non-hydrogen) atoms. The van der Waals surface area contributed by atoms with E-state index in [1.165, 1.54) is 36.4 Å². The number of nitrogens with two attached hydrogens (primary N) is 1. The molecule has 0 bridgehead atoms. The Morgan fingerprint density at radius 3 is 2.59 bits per heavy atom. The monoisotopic (exact) mass is 452 g/mol. The highest BCUT2D eigenvalue weighted by atomic mass is 19.4. The maximum Gasteiger partial charge on any atom is 0.573 e. The largest absolute Gasteiger partial charge is 0.573 e. The first-order valence-electron chi connectivity index (χ1n) is 9.27. The summed E-state index contributed by atoms with van der Waals surface area (Å²) >= 11 is 0. The first-order valence-corrected chi connectivity index (χ1v) is 9.27. The van der Waals surface area contributed by atoms with E-state index in [1.807, 2.05) is 0 Å². The van der Waals surface area contributed by atoms with Crippen LogP contribution in [0.5, 0.6) is 5.75 Å². The maximum atomic E-state index is 12.8. The van der Waals surface area contributed by atoms with E-state index in [1.54, 1.807) is 0 Å². The van der Waals surface area contributed by atoms with Gasteiger partial charge >= 0.3 is 6.36 Å². The smallest absolute Gasteiger partial charge is 0.406 e. The Bertz CT molecular complexity index is 1010. The van der Waals surface area contributed by atoms with Gasteiger partial charge < -0.3 is 30.5 Å². The predicted molar refractivity (Wildman–Crippen MR) is 107 cm³/mol. The van der Waals surface area contributed by atoms with Gasteiger partial charge in [-0.25, -0.2) is 0 Å². The van der Waals surface area contributed by atoms with Crippen LogP contribution in [0.2, 0.25) is 0 Å². The van der Waals surface area contributed by atoms with Crippen molar-refractivity contribution < 1.29 is 37.3 Å². The lowest BCUT2D eigenvalue weighted by Gasteiger charge is -2.34. The van der Waals surface area contributed by atoms with Crippen molar-refractivity contribution in [1.29, 1.82) is 5.41 Å². The van der Waals surface area contributed by atoms with Gasteiger partial charge in [-0.1, -0.05) is 6.07 Å². The van der Waals surface area contributed by atoms with Crippen LogP contribution in [0.3, 0.4) is 0 Å². The molecular weight excluding hydrogens is 433 g/mol. The minimum absolute atomic E-state index is 0.00561. The summed E-state index contributed by atoms with van der Waals surface area (Å²) in [4.78, 5) is 26.3. The van der Waals surface area contributed by atoms with Crippen molar-refractivity contribution in [3.63, 3.8) is 0 Å². The average Bonchev–Trinajstić information content (AvgIpc) is 2.72. The zero-order valence-electron chi connectivity index (χ0n) is 16.4. The Morgan fingerprint density at radius 1 is 1.28 bits per heavy atom. The lowest BCUT2D eigenvalue weighted by Crippen LogP contribution is -2.55. The molecule has 170 valence electrons. The summed E-state index contributed by atoms with van der Waals surface area (Å²) in [5, 5.41) is 20.1. The minimum Gasteiger partial charge on any atom is -0.406 e. The topological polar surface area (TPSA) is 138 Å². The number of carbonyl (C=O) groups excluding carboxylic acids is 2. The Kier molecular flexibility index (Phi) is 6.65. The standard InChI is InChI=1S/C20H19F3N4O5/c21-20(22,23)32-14-3-1-2-13(10-14)27-8-9-31-16(19(27)30)15(28)18(29)26-12-6-4-11(5-7-12)17(24)25/h1-7,10,15-16,28H,8-9H2,(H3,24,25)(H,26,29)/t15?,16-/m1/s1. The second-order valence-electron chi connectivity index (χ2n) is 6.75. The van der Waals surface area contributed by atoms with Crippen LogP contribution in [-0.2, 0) is 14.3 Å². The Balaban J connectivity index is 1.70. The number of rotatable bonds is 6. The van der Waals surface area contributed by atoms with Crippen LogP contribution in [-0.4, -0.2) is 54.5 Å². The van der Waals surface area contributed by atoms with Gasteiger partial charge in [0.25, 0.3) is 11.8 Å². The van der Waals surface area contributed by atoms with Gasteiger partial charge in [-0.3, -0.25) is 15.0 Å². The first kappa shape index (κ1) is 23.0. The highest BCUT2D eigenvalue weighted by Gasteiger charge is 2.39. The molecule has 1 aliphatic heterocycles. The van der Waals surface area contributed by atoms with E-state index in [-0.39, 0.29) is 30.4 Å². The van der Waals surface area contributed by atoms with Gasteiger partial charge in [-0.15, -0.1) is 13.2 Å². The third-order valence-electron chi connectivity index (χ3n) is 4.50. The fraction of sp³-hybridized carbons (Fsp3) is 0.250. The van der Waals surface area contributed by atoms with E-state index in [4.69, 9.17) is 15.9 Å². The molecule has 0 aromatic heterocycles.